The highest BCUT2D eigenvalue weighted by Crippen LogP contribution is 2.63. The number of hydrogen-bond donors (Lipinski definition) is 6. The van der Waals surface area contributed by atoms with Gasteiger partial charge in [-0.05, 0) is 227 Å². The van der Waals surface area contributed by atoms with Gasteiger partial charge < -0.3 is 43.4 Å². The van der Waals surface area contributed by atoms with Crippen LogP contribution in [0.1, 0.15) is 127 Å². The van der Waals surface area contributed by atoms with Gasteiger partial charge in [0.2, 0.25) is 0 Å². The van der Waals surface area contributed by atoms with Gasteiger partial charge in [0, 0.05) is 81.7 Å². The Morgan fingerprint density at radius 2 is 0.974 bits per heavy atom. The van der Waals surface area contributed by atoms with Crippen molar-refractivity contribution in [3.63, 3.8) is 0 Å². The molecule has 77 heavy (non-hydrogen) atoms. The minimum absolute atomic E-state index is 0.224. The molecule has 3 aliphatic carbocycles. The summed E-state index contributed by atoms with van der Waals surface area (Å²) >= 11 is 0. The third-order valence-corrected chi connectivity index (χ3v) is 17.2. The number of fused-ring (bicyclic) bond motifs is 17. The third-order valence-electron chi connectivity index (χ3n) is 17.2. The van der Waals surface area contributed by atoms with Crippen molar-refractivity contribution in [1.82, 2.24) is 0 Å². The third kappa shape index (κ3) is 7.68. The fourth-order valence-corrected chi connectivity index (χ4v) is 12.9. The molecule has 2 amide bonds. The summed E-state index contributed by atoms with van der Waals surface area (Å²) in [6, 6.07) is 38.5. The first kappa shape index (κ1) is 48.9. The van der Waals surface area contributed by atoms with E-state index in [4.69, 9.17) is 22.9 Å². The largest absolute Gasteiger partial charge is 0.399 e. The van der Waals surface area contributed by atoms with Gasteiger partial charge in [-0.25, -0.2) is 0 Å². The van der Waals surface area contributed by atoms with Gasteiger partial charge in [0.25, 0.3) is 11.8 Å². The smallest absolute Gasteiger partial charge is 0.255 e. The van der Waals surface area contributed by atoms with E-state index in [9.17, 15) is 19.2 Å². The van der Waals surface area contributed by atoms with Gasteiger partial charge in [-0.1, -0.05) is 42.5 Å². The Morgan fingerprint density at radius 3 is 1.53 bits per heavy atom. The average Bonchev–Trinajstić information content (AvgIpc) is 3.53. The number of hydrogen-bond acceptors (Lipinski definition) is 10. The SMILES string of the molecule is Cc1c(N)ccc2c1CCCC2.Cc1c(NC(=O)c2ccc3c(c2)C2(c4cc(C=O)ccc4-3)c3cc(C=O)ccc3-c3ccc(C(=O)Nc4ccc5c(c4C)CN4CN5Cc5c4ccc(N)c5C)cc32)ccc(N)c1CN. The Balaban J connectivity index is 0.000000437. The molecule has 384 valence electrons. The van der Waals surface area contributed by atoms with E-state index in [0.29, 0.717) is 40.2 Å². The molecule has 0 fully saturated rings. The molecule has 10 N–H and O–H groups in total. The van der Waals surface area contributed by atoms with Crippen molar-refractivity contribution in [1.29, 1.82) is 0 Å². The molecular weight excluding hydrogens is 957 g/mol. The van der Waals surface area contributed by atoms with Gasteiger partial charge in [0.1, 0.15) is 12.6 Å². The number of rotatable bonds is 7. The molecule has 8 aromatic carbocycles. The van der Waals surface area contributed by atoms with Crippen LogP contribution in [0.2, 0.25) is 0 Å². The second-order valence-electron chi connectivity index (χ2n) is 21.2. The number of nitrogens with zero attached hydrogens (tertiary/aromatic N) is 2. The molecule has 5 aliphatic rings. The molecule has 1 unspecified atom stereocenters. The fraction of sp³-hybridized carbons (Fsp3) is 0.200. The second-order valence-corrected chi connectivity index (χ2v) is 21.2. The zero-order valence-corrected chi connectivity index (χ0v) is 43.7. The Kier molecular flexibility index (Phi) is 11.9. The lowest BCUT2D eigenvalue weighted by atomic mass is 9.69. The van der Waals surface area contributed by atoms with Crippen molar-refractivity contribution in [3.05, 3.63) is 216 Å². The molecule has 13 rings (SSSR count). The lowest BCUT2D eigenvalue weighted by Gasteiger charge is -2.46. The molecule has 1 spiro atoms. The number of nitrogen functional groups attached to an aromatic ring is 3. The molecule has 0 aromatic heterocycles. The number of benzene rings is 8. The van der Waals surface area contributed by atoms with Crippen molar-refractivity contribution >= 4 is 64.2 Å². The predicted octanol–water partition coefficient (Wildman–Crippen LogP) is 11.5. The van der Waals surface area contributed by atoms with E-state index in [1.807, 2.05) is 79.7 Å². The number of carbonyl (C=O) groups is 4. The van der Waals surface area contributed by atoms with Gasteiger partial charge in [-0.3, -0.25) is 19.2 Å². The highest BCUT2D eigenvalue weighted by atomic mass is 16.2. The van der Waals surface area contributed by atoms with E-state index in [-0.39, 0.29) is 18.4 Å². The van der Waals surface area contributed by atoms with Crippen molar-refractivity contribution in [3.8, 4) is 22.3 Å². The normalized spacial score (nSPS) is 15.6. The van der Waals surface area contributed by atoms with Crippen molar-refractivity contribution in [2.45, 2.75) is 78.4 Å². The van der Waals surface area contributed by atoms with Crippen LogP contribution < -0.4 is 43.4 Å². The summed E-state index contributed by atoms with van der Waals surface area (Å²) in [6.45, 7) is 10.6. The maximum Gasteiger partial charge on any atom is 0.255 e. The van der Waals surface area contributed by atoms with E-state index < -0.39 is 5.41 Å². The maximum absolute atomic E-state index is 14.6. The van der Waals surface area contributed by atoms with Crippen LogP contribution in [0.25, 0.3) is 22.3 Å². The van der Waals surface area contributed by atoms with Crippen molar-refractivity contribution in [2.75, 3.05) is 44.3 Å². The van der Waals surface area contributed by atoms with E-state index in [0.717, 1.165) is 121 Å². The highest BCUT2D eigenvalue weighted by molar-refractivity contribution is 6.08. The minimum atomic E-state index is -1.11. The first-order valence-corrected chi connectivity index (χ1v) is 26.3. The fourth-order valence-electron chi connectivity index (χ4n) is 12.9. The van der Waals surface area contributed by atoms with Crippen molar-refractivity contribution < 1.29 is 19.2 Å². The average molecular weight is 1020 g/mol. The van der Waals surface area contributed by atoms with Crippen LogP contribution in [0.3, 0.4) is 0 Å². The molecule has 0 saturated heterocycles. The molecule has 2 bridgehead atoms. The maximum atomic E-state index is 14.6. The van der Waals surface area contributed by atoms with Gasteiger partial charge in [-0.2, -0.15) is 0 Å². The molecule has 0 radical (unpaired) electrons. The predicted molar refractivity (Wildman–Crippen MR) is 309 cm³/mol. The number of nitrogens with two attached hydrogens (primary N) is 4. The van der Waals surface area contributed by atoms with Gasteiger partial charge in [-0.15, -0.1) is 0 Å². The number of aryl methyl sites for hydroxylation is 1. The number of nitrogens with one attached hydrogen (secondary N) is 2. The van der Waals surface area contributed by atoms with Crippen LogP contribution in [-0.4, -0.2) is 31.1 Å². The minimum Gasteiger partial charge on any atom is -0.399 e. The van der Waals surface area contributed by atoms with Crippen LogP contribution in [0.4, 0.5) is 39.8 Å². The van der Waals surface area contributed by atoms with Crippen molar-refractivity contribution in [2.24, 2.45) is 5.73 Å². The summed E-state index contributed by atoms with van der Waals surface area (Å²) in [5.74, 6) is -0.620. The van der Waals surface area contributed by atoms with E-state index in [1.54, 1.807) is 30.3 Å². The number of carbonyl (C=O) groups excluding carboxylic acids is 4. The first-order valence-electron chi connectivity index (χ1n) is 26.3. The standard InChI is InChI=1S/C54H45N7O4.C11H15N/c1-28-40-23-60-27-61(50(40)16-13-46(28)56)24-41-30(3)49(15-17-51(41)60)59-53(65)34-7-11-38-36-9-5-32(26-63)19-43(36)54(45(38)21-34)42-18-31(25-62)4-8-35(42)37-10-6-33(20-44(37)54)52(64)58-48-14-12-47(57)39(22-55)29(48)2;1-8-10-5-3-2-4-9(10)6-7-11(8)12/h4-21,25-26H,22-24,27,55-57H2,1-3H3,(H,58,64)(H,59,65);6-7H,2-5,12H2,1H3. The molecule has 2 aliphatic heterocycles. The lowest BCUT2D eigenvalue weighted by molar-refractivity contribution is 0.101. The molecule has 12 heteroatoms. The van der Waals surface area contributed by atoms with Crippen LogP contribution in [0, 0.1) is 27.7 Å². The van der Waals surface area contributed by atoms with Gasteiger partial charge in [0.15, 0.2) is 0 Å². The quantitative estimate of drug-likeness (QED) is 0.0659. The zero-order valence-electron chi connectivity index (χ0n) is 43.7. The van der Waals surface area contributed by atoms with E-state index >= 15 is 0 Å². The number of aldehydes is 2. The van der Waals surface area contributed by atoms with E-state index in [1.165, 1.54) is 53.6 Å². The summed E-state index contributed by atoms with van der Waals surface area (Å²) < 4.78 is 0. The Labute approximate surface area is 448 Å². The Hall–Kier alpha value is -9.00. The molecular formula is C65H60N8O4. The van der Waals surface area contributed by atoms with Crippen LogP contribution >= 0.6 is 0 Å². The highest BCUT2D eigenvalue weighted by Gasteiger charge is 2.52. The monoisotopic (exact) mass is 1020 g/mol. The summed E-state index contributed by atoms with van der Waals surface area (Å²) in [5, 5.41) is 6.33. The summed E-state index contributed by atoms with van der Waals surface area (Å²) in [5.41, 5.74) is 48.1. The molecule has 0 saturated carbocycles. The lowest BCUT2D eigenvalue weighted by Crippen LogP contribution is -2.46. The Morgan fingerprint density at radius 1 is 0.519 bits per heavy atom. The Bertz CT molecular complexity index is 3860. The van der Waals surface area contributed by atoms with Crippen LogP contribution in [-0.2, 0) is 37.9 Å². The molecule has 1 atom stereocenters. The van der Waals surface area contributed by atoms with Gasteiger partial charge in [0.05, 0.1) is 12.1 Å². The summed E-state index contributed by atoms with van der Waals surface area (Å²) in [7, 11) is 0. The number of amides is 2. The topological polar surface area (TPSA) is 203 Å². The molecule has 8 aromatic rings. The second kappa shape index (κ2) is 18.7. The number of anilines is 7. The first-order chi connectivity index (χ1) is 37.2. The summed E-state index contributed by atoms with van der Waals surface area (Å²) in [6.07, 6.45) is 6.79. The van der Waals surface area contributed by atoms with E-state index in [2.05, 4.69) is 59.4 Å². The molecule has 12 nitrogen and oxygen atoms in total. The zero-order chi connectivity index (χ0) is 53.6. The summed E-state index contributed by atoms with van der Waals surface area (Å²) in [4.78, 5) is 58.6. The van der Waals surface area contributed by atoms with Gasteiger partial charge >= 0.3 is 0 Å². The molecule has 2 heterocycles. The van der Waals surface area contributed by atoms with Crippen LogP contribution in [0.15, 0.2) is 121 Å². The van der Waals surface area contributed by atoms with Crippen LogP contribution in [0.5, 0.6) is 0 Å².